The maximum absolute atomic E-state index is 10.1. The van der Waals surface area contributed by atoms with Crippen molar-refractivity contribution >= 4 is 138 Å². The van der Waals surface area contributed by atoms with Crippen molar-refractivity contribution in [2.24, 2.45) is 0 Å². The molecule has 0 saturated heterocycles. The number of rotatable bonds is 36. The average Bonchev–Trinajstić information content (AvgIpc) is 3.77. The molecule has 42 heteroatoms. The SMILES string of the molecule is CCN(CC)C([O-])[O-].CCN(CC)C([O-])[O-].CCN(CC)C([O-])[O-].CCN(CC)C([O-])[O-].CCN(CC)C([O-])[O-].CCN(CC)C([O-])[O-].CCN(CC)C([O-])[O-].CCN(CC)C([O-])[O-].CCN(CC)C([O-])[O-].CCN(CC)C([O-])[O-].CCN(CC)C([O-])[O-].CCN(CC)C([O-])[O-].[Mg+2].[Mg+2].[Mg+2].[Mg+2].[Mg+2].[Mg+2]. The standard InChI is InChI=1S/12C5H11NO2.6Mg/c12*1-3-6(4-2)5(7)8;;;;;;/h12*5H,3-4H2,1-2H3;;;;;;/q12*-2;6*+2. The Labute approximate surface area is 713 Å². The Morgan fingerprint density at radius 1 is 0.108 bits per heavy atom. The predicted octanol–water partition coefficient (Wildman–Crippen LogP) is -22.3. The quantitative estimate of drug-likeness (QED) is 0.0415. The topological polar surface area (TPSA) is 592 Å². The zero-order chi connectivity index (χ0) is 78.8. The molecule has 0 heterocycles. The second-order valence-corrected chi connectivity index (χ2v) is 18.3. The van der Waals surface area contributed by atoms with E-state index in [1.165, 1.54) is 58.8 Å². The molecule has 0 radical (unpaired) electrons. The first kappa shape index (κ1) is 150. The molecule has 0 rings (SSSR count). The van der Waals surface area contributed by atoms with E-state index in [0.717, 1.165) is 0 Å². The molecule has 0 saturated carbocycles. The van der Waals surface area contributed by atoms with Crippen LogP contribution in [-0.2, 0) is 0 Å². The summed E-state index contributed by atoms with van der Waals surface area (Å²) in [6, 6.07) is 0. The van der Waals surface area contributed by atoms with Crippen LogP contribution in [0.5, 0.6) is 0 Å². The van der Waals surface area contributed by atoms with Gasteiger partial charge in [-0.3, -0.25) is 0 Å². The van der Waals surface area contributed by atoms with Gasteiger partial charge in [-0.05, 0) is 157 Å². The summed E-state index contributed by atoms with van der Waals surface area (Å²) in [5, 5.41) is 241. The Kier molecular flexibility index (Phi) is 166. The first-order chi connectivity index (χ1) is 44.6. The van der Waals surface area contributed by atoms with Gasteiger partial charge in [-0.15, -0.1) is 0 Å². The third-order valence-corrected chi connectivity index (χ3v) is 13.3. The molecule has 36 nitrogen and oxygen atoms in total. The van der Waals surface area contributed by atoms with Gasteiger partial charge in [0.05, 0.1) is 0 Å². The molecule has 0 fully saturated rings. The molecule has 0 spiro atoms. The van der Waals surface area contributed by atoms with Crippen molar-refractivity contribution in [3.63, 3.8) is 0 Å². The van der Waals surface area contributed by atoms with Gasteiger partial charge in [0.15, 0.2) is 0 Å². The maximum Gasteiger partial charge on any atom is 2.00 e. The molecule has 0 aliphatic rings. The van der Waals surface area contributed by atoms with E-state index in [2.05, 4.69) is 0 Å². The molecule has 0 bridgehead atoms. The minimum Gasteiger partial charge on any atom is -0.854 e. The molecule has 0 aliphatic heterocycles. The summed E-state index contributed by atoms with van der Waals surface area (Å²) in [7, 11) is 0. The van der Waals surface area contributed by atoms with Gasteiger partial charge in [-0.2, -0.15) is 77.0 Å². The van der Waals surface area contributed by atoms with Crippen molar-refractivity contribution in [3.8, 4) is 0 Å². The minimum absolute atomic E-state index is 0. The summed E-state index contributed by atoms with van der Waals surface area (Å²) in [5.74, 6) is 0. The molecule has 0 amide bonds. The van der Waals surface area contributed by atoms with Gasteiger partial charge in [-0.25, -0.2) is 0 Å². The molecule has 102 heavy (non-hydrogen) atoms. The summed E-state index contributed by atoms with van der Waals surface area (Å²) in [6.07, 6.45) is -21.4. The summed E-state index contributed by atoms with van der Waals surface area (Å²) in [6.45, 7) is 56.3. The van der Waals surface area contributed by atoms with Crippen LogP contribution >= 0.6 is 0 Å². The second-order valence-electron chi connectivity index (χ2n) is 18.3. The monoisotopic (exact) mass is 1550 g/mol. The van der Waals surface area contributed by atoms with Crippen molar-refractivity contribution in [2.45, 2.75) is 243 Å². The van der Waals surface area contributed by atoms with E-state index >= 15 is 0 Å². The van der Waals surface area contributed by atoms with Crippen LogP contribution in [-0.4, -0.2) is 431 Å². The third kappa shape index (κ3) is 109. The number of hydrogen-bond donors (Lipinski definition) is 0. The predicted molar refractivity (Wildman–Crippen MR) is 355 cm³/mol. The number of hydrogen-bond acceptors (Lipinski definition) is 36. The fourth-order valence-corrected chi connectivity index (χ4v) is 6.26. The Bertz CT molecular complexity index is 1010. The Balaban J connectivity index is -0.0000000469. The molecule has 0 N–H and O–H groups in total. The molecule has 0 aromatic rings. The van der Waals surface area contributed by atoms with Crippen LogP contribution in [0, 0.1) is 0 Å². The fraction of sp³-hybridized carbons (Fsp3) is 1.00. The second kappa shape index (κ2) is 113. The minimum atomic E-state index is -1.79. The smallest absolute Gasteiger partial charge is 0.854 e. The zero-order valence-electron chi connectivity index (χ0n) is 67.3. The molecule has 0 aliphatic carbocycles. The normalized spacial score (nSPS) is 10.6. The summed E-state index contributed by atoms with van der Waals surface area (Å²) in [5.41, 5.74) is 0. The van der Waals surface area contributed by atoms with E-state index in [-0.39, 0.29) is 138 Å². The van der Waals surface area contributed by atoms with Crippen molar-refractivity contribution in [2.75, 3.05) is 157 Å². The average molecular weight is 1550 g/mol. The van der Waals surface area contributed by atoms with Crippen LogP contribution in [0.2, 0.25) is 0 Å². The van der Waals surface area contributed by atoms with Crippen LogP contribution < -0.4 is 123 Å². The van der Waals surface area contributed by atoms with Gasteiger partial charge in [0.25, 0.3) is 0 Å². The molecule has 600 valence electrons. The zero-order valence-corrected chi connectivity index (χ0v) is 75.8. The summed E-state index contributed by atoms with van der Waals surface area (Å²) >= 11 is 0. The van der Waals surface area contributed by atoms with E-state index in [0.29, 0.717) is 157 Å². The fourth-order valence-electron chi connectivity index (χ4n) is 6.26. The molecular weight excluding hydrogens is 1420 g/mol. The van der Waals surface area contributed by atoms with E-state index in [1.807, 2.05) is 0 Å². The summed E-state index contributed by atoms with van der Waals surface area (Å²) < 4.78 is 0. The van der Waals surface area contributed by atoms with Crippen molar-refractivity contribution in [1.29, 1.82) is 0 Å². The van der Waals surface area contributed by atoms with Crippen LogP contribution in [0.4, 0.5) is 0 Å². The Morgan fingerprint density at radius 3 is 0.137 bits per heavy atom. The van der Waals surface area contributed by atoms with Crippen LogP contribution in [0.1, 0.15) is 166 Å². The molecule has 0 atom stereocenters. The van der Waals surface area contributed by atoms with E-state index in [9.17, 15) is 123 Å². The maximum atomic E-state index is 10.1. The third-order valence-electron chi connectivity index (χ3n) is 13.3. The van der Waals surface area contributed by atoms with Gasteiger partial charge >= 0.3 is 138 Å². The molecule has 0 aromatic heterocycles. The van der Waals surface area contributed by atoms with Gasteiger partial charge < -0.3 is 181 Å². The van der Waals surface area contributed by atoms with Crippen LogP contribution in [0.3, 0.4) is 0 Å². The van der Waals surface area contributed by atoms with Gasteiger partial charge in [-0.1, -0.05) is 166 Å². The van der Waals surface area contributed by atoms with E-state index in [4.69, 9.17) is 0 Å². The first-order valence-electron chi connectivity index (χ1n) is 33.3. The van der Waals surface area contributed by atoms with E-state index < -0.39 is 77.0 Å². The Morgan fingerprint density at radius 2 is 0.137 bits per heavy atom. The van der Waals surface area contributed by atoms with Gasteiger partial charge in [0.1, 0.15) is 0 Å². The van der Waals surface area contributed by atoms with Crippen molar-refractivity contribution in [3.05, 3.63) is 0 Å². The largest absolute Gasteiger partial charge is 2.00 e. The summed E-state index contributed by atoms with van der Waals surface area (Å²) in [4.78, 5) is 15.7. The van der Waals surface area contributed by atoms with Gasteiger partial charge in [0.2, 0.25) is 0 Å². The first-order valence-corrected chi connectivity index (χ1v) is 33.3. The molecule has 0 aromatic carbocycles. The molecular formula is C60H132Mg6N12O24-12. The van der Waals surface area contributed by atoms with Crippen LogP contribution in [0.25, 0.3) is 0 Å². The number of nitrogens with zero attached hydrogens (tertiary/aromatic N) is 12. The van der Waals surface area contributed by atoms with Gasteiger partial charge in [0, 0.05) is 0 Å². The Hall–Kier alpha value is 3.16. The van der Waals surface area contributed by atoms with Crippen LogP contribution in [0.15, 0.2) is 0 Å². The molecule has 0 unspecified atom stereocenters. The van der Waals surface area contributed by atoms with Crippen molar-refractivity contribution in [1.82, 2.24) is 58.8 Å². The van der Waals surface area contributed by atoms with E-state index in [1.54, 1.807) is 166 Å². The van der Waals surface area contributed by atoms with Crippen molar-refractivity contribution < 1.29 is 123 Å².